The lowest BCUT2D eigenvalue weighted by molar-refractivity contribution is -0.161. The lowest BCUT2D eigenvalue weighted by Crippen LogP contribution is -2.53. The molecule has 11 heteroatoms. The summed E-state index contributed by atoms with van der Waals surface area (Å²) in [5.41, 5.74) is -1.35. The summed E-state index contributed by atoms with van der Waals surface area (Å²) in [4.78, 5) is 13.2. The Morgan fingerprint density at radius 2 is 1.76 bits per heavy atom. The number of ether oxygens (including phenoxy) is 2. The quantitative estimate of drug-likeness (QED) is 0.242. The molecule has 0 aromatic heterocycles. The molecule has 1 amide bonds. The highest BCUT2D eigenvalue weighted by molar-refractivity contribution is 5.82. The Kier molecular flexibility index (Phi) is 11.6. The SMILES string of the molecule is CC[C@@H](CNc1ccc(OCCO)cc1OC)NC(=O)[C@H](CC(C)(C)F)N[C@@H](c1ccccc1)C(F)(F)F. The molecule has 212 valence electrons. The first-order chi connectivity index (χ1) is 17.9. The summed E-state index contributed by atoms with van der Waals surface area (Å²) in [6.45, 7) is 4.50. The lowest BCUT2D eigenvalue weighted by Gasteiger charge is -2.31. The van der Waals surface area contributed by atoms with Gasteiger partial charge in [-0.2, -0.15) is 13.2 Å². The minimum atomic E-state index is -4.70. The van der Waals surface area contributed by atoms with Gasteiger partial charge in [0.1, 0.15) is 29.8 Å². The van der Waals surface area contributed by atoms with Gasteiger partial charge < -0.3 is 25.2 Å². The van der Waals surface area contributed by atoms with Crippen LogP contribution in [0.15, 0.2) is 48.5 Å². The van der Waals surface area contributed by atoms with E-state index in [9.17, 15) is 22.4 Å². The van der Waals surface area contributed by atoms with Gasteiger partial charge in [-0.15, -0.1) is 0 Å². The molecule has 7 nitrogen and oxygen atoms in total. The molecule has 0 aliphatic heterocycles. The molecule has 0 aliphatic rings. The van der Waals surface area contributed by atoms with Crippen molar-refractivity contribution >= 4 is 11.6 Å². The van der Waals surface area contributed by atoms with E-state index < -0.39 is 42.3 Å². The molecular formula is C27H37F4N3O4. The maximum Gasteiger partial charge on any atom is 0.407 e. The molecule has 0 spiro atoms. The van der Waals surface area contributed by atoms with Crippen LogP contribution in [0.2, 0.25) is 0 Å². The number of aliphatic hydroxyl groups excluding tert-OH is 1. The molecule has 3 atom stereocenters. The van der Waals surface area contributed by atoms with E-state index in [1.165, 1.54) is 45.2 Å². The number of carbonyl (C=O) groups is 1. The largest absolute Gasteiger partial charge is 0.494 e. The van der Waals surface area contributed by atoms with Crippen LogP contribution in [-0.2, 0) is 4.79 Å². The summed E-state index contributed by atoms with van der Waals surface area (Å²) >= 11 is 0. The van der Waals surface area contributed by atoms with Crippen LogP contribution >= 0.6 is 0 Å². The second-order valence-corrected chi connectivity index (χ2v) is 9.46. The second-order valence-electron chi connectivity index (χ2n) is 9.46. The zero-order chi connectivity index (χ0) is 28.3. The fourth-order valence-electron chi connectivity index (χ4n) is 3.84. The van der Waals surface area contributed by atoms with E-state index in [0.29, 0.717) is 23.6 Å². The first kappa shape index (κ1) is 31.2. The first-order valence-corrected chi connectivity index (χ1v) is 12.4. The van der Waals surface area contributed by atoms with Gasteiger partial charge in [0.15, 0.2) is 0 Å². The van der Waals surface area contributed by atoms with Crippen molar-refractivity contribution < 1.29 is 36.9 Å². The van der Waals surface area contributed by atoms with Crippen molar-refractivity contribution in [2.75, 3.05) is 32.2 Å². The average molecular weight is 544 g/mol. The Labute approximate surface area is 220 Å². The molecule has 0 saturated carbocycles. The van der Waals surface area contributed by atoms with Gasteiger partial charge in [0.25, 0.3) is 0 Å². The number of alkyl halides is 4. The van der Waals surface area contributed by atoms with E-state index in [1.54, 1.807) is 24.3 Å². The third-order valence-corrected chi connectivity index (χ3v) is 5.75. The van der Waals surface area contributed by atoms with Crippen molar-refractivity contribution in [1.82, 2.24) is 10.6 Å². The standard InChI is InChI=1S/C27H37F4N3O4/c1-5-19(17-32-21-12-11-20(38-14-13-35)15-23(21)37-4)33-25(36)22(16-26(2,3)28)34-24(27(29,30)31)18-9-7-6-8-10-18/h6-12,15,19,22,24,32,34-35H,5,13-14,16-17H2,1-4H3,(H,33,36)/t19-,22-,24-/m0/s1. The zero-order valence-electron chi connectivity index (χ0n) is 22.1. The van der Waals surface area contributed by atoms with E-state index in [0.717, 1.165) is 0 Å². The number of nitrogens with one attached hydrogen (secondary N) is 3. The molecule has 0 bridgehead atoms. The second kappa shape index (κ2) is 14.2. The van der Waals surface area contributed by atoms with Gasteiger partial charge in [-0.3, -0.25) is 10.1 Å². The number of carbonyl (C=O) groups excluding carboxylic acids is 1. The fraction of sp³-hybridized carbons (Fsp3) is 0.519. The Hall–Kier alpha value is -3.05. The maximum absolute atomic E-state index is 14.6. The van der Waals surface area contributed by atoms with Crippen molar-refractivity contribution in [3.05, 3.63) is 54.1 Å². The Morgan fingerprint density at radius 3 is 2.32 bits per heavy atom. The zero-order valence-corrected chi connectivity index (χ0v) is 22.1. The van der Waals surface area contributed by atoms with Crippen LogP contribution in [0, 0.1) is 0 Å². The minimum absolute atomic E-state index is 0.0679. The predicted molar refractivity (Wildman–Crippen MR) is 138 cm³/mol. The highest BCUT2D eigenvalue weighted by Gasteiger charge is 2.43. The summed E-state index contributed by atoms with van der Waals surface area (Å²) in [7, 11) is 1.48. The van der Waals surface area contributed by atoms with Crippen molar-refractivity contribution in [2.24, 2.45) is 0 Å². The molecule has 0 fully saturated rings. The third kappa shape index (κ3) is 10.0. The summed E-state index contributed by atoms with van der Waals surface area (Å²) in [6.07, 6.45) is -4.69. The smallest absolute Gasteiger partial charge is 0.407 e. The van der Waals surface area contributed by atoms with Crippen LogP contribution in [0.1, 0.15) is 45.2 Å². The number of methoxy groups -OCH3 is 1. The number of halogens is 4. The number of aliphatic hydroxyl groups is 1. The van der Waals surface area contributed by atoms with Gasteiger partial charge in [-0.05, 0) is 38.0 Å². The number of benzene rings is 2. The Bertz CT molecular complexity index is 1000. The monoisotopic (exact) mass is 543 g/mol. The Balaban J connectivity index is 2.16. The molecule has 0 unspecified atom stereocenters. The van der Waals surface area contributed by atoms with Crippen LogP contribution < -0.4 is 25.4 Å². The molecular weight excluding hydrogens is 506 g/mol. The van der Waals surface area contributed by atoms with Gasteiger partial charge in [-0.1, -0.05) is 37.3 Å². The van der Waals surface area contributed by atoms with Gasteiger partial charge in [0.2, 0.25) is 5.91 Å². The van der Waals surface area contributed by atoms with Crippen molar-refractivity contribution in [3.8, 4) is 11.5 Å². The van der Waals surface area contributed by atoms with Gasteiger partial charge in [-0.25, -0.2) is 4.39 Å². The van der Waals surface area contributed by atoms with Crippen LogP contribution in [-0.4, -0.2) is 61.8 Å². The topological polar surface area (TPSA) is 91.8 Å². The maximum atomic E-state index is 14.6. The minimum Gasteiger partial charge on any atom is -0.494 e. The predicted octanol–water partition coefficient (Wildman–Crippen LogP) is 4.77. The Morgan fingerprint density at radius 1 is 1.08 bits per heavy atom. The van der Waals surface area contributed by atoms with E-state index >= 15 is 0 Å². The molecule has 2 aromatic rings. The van der Waals surface area contributed by atoms with E-state index in [1.807, 2.05) is 6.92 Å². The number of amides is 1. The molecule has 4 N–H and O–H groups in total. The molecule has 2 aromatic carbocycles. The summed E-state index contributed by atoms with van der Waals surface area (Å²) < 4.78 is 67.1. The van der Waals surface area contributed by atoms with Crippen LogP contribution in [0.25, 0.3) is 0 Å². The molecule has 0 radical (unpaired) electrons. The van der Waals surface area contributed by atoms with Gasteiger partial charge >= 0.3 is 6.18 Å². The highest BCUT2D eigenvalue weighted by Crippen LogP contribution is 2.34. The number of anilines is 1. The van der Waals surface area contributed by atoms with Crippen LogP contribution in [0.4, 0.5) is 23.2 Å². The molecule has 0 aliphatic carbocycles. The third-order valence-electron chi connectivity index (χ3n) is 5.75. The van der Waals surface area contributed by atoms with E-state index in [4.69, 9.17) is 14.6 Å². The van der Waals surface area contributed by atoms with Crippen molar-refractivity contribution in [2.45, 2.75) is 63.6 Å². The lowest BCUT2D eigenvalue weighted by atomic mass is 9.97. The van der Waals surface area contributed by atoms with Crippen LogP contribution in [0.3, 0.4) is 0 Å². The normalized spacial score (nSPS) is 14.3. The average Bonchev–Trinajstić information content (AvgIpc) is 2.86. The van der Waals surface area contributed by atoms with E-state index in [2.05, 4.69) is 16.0 Å². The van der Waals surface area contributed by atoms with Crippen LogP contribution in [0.5, 0.6) is 11.5 Å². The summed E-state index contributed by atoms with van der Waals surface area (Å²) in [5.74, 6) is 0.243. The van der Waals surface area contributed by atoms with Gasteiger partial charge in [0.05, 0.1) is 25.4 Å². The number of rotatable bonds is 15. The fourth-order valence-corrected chi connectivity index (χ4v) is 3.84. The molecule has 0 saturated heterocycles. The molecule has 38 heavy (non-hydrogen) atoms. The van der Waals surface area contributed by atoms with Gasteiger partial charge in [0, 0.05) is 25.1 Å². The summed E-state index contributed by atoms with van der Waals surface area (Å²) in [6, 6.07) is 8.16. The highest BCUT2D eigenvalue weighted by atomic mass is 19.4. The molecule has 0 heterocycles. The van der Waals surface area contributed by atoms with Crippen molar-refractivity contribution in [1.29, 1.82) is 0 Å². The number of hydrogen-bond acceptors (Lipinski definition) is 6. The first-order valence-electron chi connectivity index (χ1n) is 12.4. The number of hydrogen-bond donors (Lipinski definition) is 4. The van der Waals surface area contributed by atoms with Crippen molar-refractivity contribution in [3.63, 3.8) is 0 Å². The molecule has 2 rings (SSSR count). The summed E-state index contributed by atoms with van der Waals surface area (Å²) in [5, 5.41) is 17.2. The van der Waals surface area contributed by atoms with E-state index in [-0.39, 0.29) is 25.3 Å².